The van der Waals surface area contributed by atoms with Gasteiger partial charge in [0, 0.05) is 13.6 Å². The van der Waals surface area contributed by atoms with Crippen LogP contribution >= 0.6 is 0 Å². The van der Waals surface area contributed by atoms with Gasteiger partial charge in [-0.15, -0.1) is 0 Å². The number of hydrogen-bond donors (Lipinski definition) is 3. The maximum absolute atomic E-state index is 13.1. The van der Waals surface area contributed by atoms with Gasteiger partial charge in [0.25, 0.3) is 0 Å². The molecule has 3 amide bonds. The molecule has 0 saturated carbocycles. The van der Waals surface area contributed by atoms with Gasteiger partial charge >= 0.3 is 12.1 Å². The van der Waals surface area contributed by atoms with Crippen LogP contribution < -0.4 is 10.6 Å². The van der Waals surface area contributed by atoms with Crippen LogP contribution in [0.4, 0.5) is 4.79 Å². The summed E-state index contributed by atoms with van der Waals surface area (Å²) in [7, 11) is 1.39. The third kappa shape index (κ3) is 9.22. The molecular formula is C24H35N3O7. The number of rotatable bonds is 11. The van der Waals surface area contributed by atoms with Crippen molar-refractivity contribution < 1.29 is 33.8 Å². The van der Waals surface area contributed by atoms with Crippen molar-refractivity contribution in [1.29, 1.82) is 0 Å². The minimum Gasteiger partial charge on any atom is -0.466 e. The van der Waals surface area contributed by atoms with Crippen LogP contribution in [0, 0.1) is 0 Å². The lowest BCUT2D eigenvalue weighted by Gasteiger charge is -2.31. The van der Waals surface area contributed by atoms with Crippen LogP contribution in [0.5, 0.6) is 0 Å². The molecule has 1 rings (SSSR count). The molecule has 0 aliphatic rings. The topological polar surface area (TPSA) is 134 Å². The number of ether oxygens (including phenoxy) is 2. The molecule has 0 aliphatic heterocycles. The minimum atomic E-state index is -1.34. The Morgan fingerprint density at radius 1 is 1.24 bits per heavy atom. The molecule has 0 saturated heterocycles. The summed E-state index contributed by atoms with van der Waals surface area (Å²) in [5, 5.41) is 14.7. The molecule has 2 unspecified atom stereocenters. The number of benzene rings is 1. The van der Waals surface area contributed by atoms with E-state index in [2.05, 4.69) is 17.2 Å². The Bertz CT molecular complexity index is 880. The first kappa shape index (κ1) is 28.6. The summed E-state index contributed by atoms with van der Waals surface area (Å²) in [6.45, 7) is 9.93. The zero-order valence-corrected chi connectivity index (χ0v) is 20.4. The Hall–Kier alpha value is -3.40. The van der Waals surface area contributed by atoms with E-state index in [9.17, 15) is 24.3 Å². The van der Waals surface area contributed by atoms with Gasteiger partial charge in [-0.1, -0.05) is 30.9 Å². The maximum atomic E-state index is 13.1. The van der Waals surface area contributed by atoms with Crippen molar-refractivity contribution in [2.45, 2.75) is 51.8 Å². The molecule has 1 aromatic carbocycles. The Balaban J connectivity index is 3.12. The summed E-state index contributed by atoms with van der Waals surface area (Å²) in [5.74, 6) is -1.71. The van der Waals surface area contributed by atoms with Crippen LogP contribution in [-0.2, 0) is 23.9 Å². The highest BCUT2D eigenvalue weighted by Crippen LogP contribution is 2.22. The normalized spacial score (nSPS) is 12.6. The largest absolute Gasteiger partial charge is 0.466 e. The van der Waals surface area contributed by atoms with E-state index in [1.54, 1.807) is 58.0 Å². The first-order chi connectivity index (χ1) is 15.9. The minimum absolute atomic E-state index is 0.0108. The fourth-order valence-electron chi connectivity index (χ4n) is 3.03. The number of esters is 1. The summed E-state index contributed by atoms with van der Waals surface area (Å²) in [5.41, 5.74) is 0.412. The third-order valence-corrected chi connectivity index (χ3v) is 4.55. The fourth-order valence-corrected chi connectivity index (χ4v) is 3.03. The summed E-state index contributed by atoms with van der Waals surface area (Å²) in [4.78, 5) is 51.1. The van der Waals surface area contributed by atoms with E-state index in [0.29, 0.717) is 5.56 Å². The van der Waals surface area contributed by atoms with Crippen molar-refractivity contribution in [2.24, 2.45) is 0 Å². The van der Waals surface area contributed by atoms with Crippen molar-refractivity contribution >= 4 is 30.0 Å². The van der Waals surface area contributed by atoms with Gasteiger partial charge < -0.3 is 30.1 Å². The van der Waals surface area contributed by atoms with Gasteiger partial charge in [0.05, 0.1) is 19.6 Å². The SMILES string of the molecule is C=Cc1cccc(C(C(=O)NCCC(=O)OCC)N(C)C(=O)C(CO)NC(=O)OC(C)(C)C)c1. The second-order valence-corrected chi connectivity index (χ2v) is 8.45. The average Bonchev–Trinajstić information content (AvgIpc) is 2.76. The first-order valence-electron chi connectivity index (χ1n) is 11.0. The number of hydrogen-bond acceptors (Lipinski definition) is 7. The summed E-state index contributed by atoms with van der Waals surface area (Å²) in [6.07, 6.45) is 0.690. The quantitative estimate of drug-likeness (QED) is 0.414. The number of carbonyl (C=O) groups is 4. The molecule has 3 N–H and O–H groups in total. The lowest BCUT2D eigenvalue weighted by Crippen LogP contribution is -2.53. The molecule has 0 aliphatic carbocycles. The number of amides is 3. The molecule has 0 radical (unpaired) electrons. The molecule has 188 valence electrons. The van der Waals surface area contributed by atoms with Gasteiger partial charge in [-0.2, -0.15) is 0 Å². The van der Waals surface area contributed by atoms with Crippen molar-refractivity contribution in [3.63, 3.8) is 0 Å². The molecule has 2 atom stereocenters. The summed E-state index contributed by atoms with van der Waals surface area (Å²) < 4.78 is 10.0. The first-order valence-corrected chi connectivity index (χ1v) is 11.0. The molecule has 0 spiro atoms. The van der Waals surface area contributed by atoms with E-state index in [1.165, 1.54) is 7.05 Å². The highest BCUT2D eigenvalue weighted by Gasteiger charge is 2.34. The fraction of sp³-hybridized carbons (Fsp3) is 0.500. The van der Waals surface area contributed by atoms with E-state index in [0.717, 1.165) is 10.5 Å². The predicted molar refractivity (Wildman–Crippen MR) is 127 cm³/mol. The number of aliphatic hydroxyl groups is 1. The summed E-state index contributed by atoms with van der Waals surface area (Å²) in [6, 6.07) is 4.42. The van der Waals surface area contributed by atoms with E-state index in [-0.39, 0.29) is 19.6 Å². The summed E-state index contributed by atoms with van der Waals surface area (Å²) >= 11 is 0. The molecular weight excluding hydrogens is 442 g/mol. The average molecular weight is 478 g/mol. The third-order valence-electron chi connectivity index (χ3n) is 4.55. The highest BCUT2D eigenvalue weighted by molar-refractivity contribution is 5.92. The molecule has 0 bridgehead atoms. The van der Waals surface area contributed by atoms with Gasteiger partial charge in [0.2, 0.25) is 11.8 Å². The Morgan fingerprint density at radius 2 is 1.91 bits per heavy atom. The van der Waals surface area contributed by atoms with Crippen LogP contribution in [0.15, 0.2) is 30.8 Å². The van der Waals surface area contributed by atoms with E-state index in [1.807, 2.05) is 0 Å². The van der Waals surface area contributed by atoms with Crippen LogP contribution in [0.3, 0.4) is 0 Å². The molecule has 0 heterocycles. The molecule has 10 nitrogen and oxygen atoms in total. The highest BCUT2D eigenvalue weighted by atomic mass is 16.6. The Kier molecular flexibility index (Phi) is 11.2. The molecule has 10 heteroatoms. The number of carbonyl (C=O) groups excluding carboxylic acids is 4. The molecule has 0 fully saturated rings. The lowest BCUT2D eigenvalue weighted by atomic mass is 10.0. The van der Waals surface area contributed by atoms with Gasteiger partial charge in [-0.05, 0) is 44.9 Å². The lowest BCUT2D eigenvalue weighted by molar-refractivity contribution is -0.144. The van der Waals surface area contributed by atoms with Crippen molar-refractivity contribution in [2.75, 3.05) is 26.8 Å². The van der Waals surface area contributed by atoms with E-state index >= 15 is 0 Å². The van der Waals surface area contributed by atoms with E-state index in [4.69, 9.17) is 9.47 Å². The smallest absolute Gasteiger partial charge is 0.408 e. The van der Waals surface area contributed by atoms with Crippen LogP contribution in [0.25, 0.3) is 6.08 Å². The van der Waals surface area contributed by atoms with Crippen LogP contribution in [0.2, 0.25) is 0 Å². The molecule has 0 aromatic heterocycles. The zero-order valence-electron chi connectivity index (χ0n) is 20.4. The standard InChI is InChI=1S/C24H35N3O7/c1-7-16-10-9-11-17(14-16)20(21(30)25-13-12-19(29)33-8-2)27(6)22(31)18(15-28)26-23(32)34-24(3,4)5/h7,9-11,14,18,20,28H,1,8,12-13,15H2,2-6H3,(H,25,30)(H,26,32). The van der Waals surface area contributed by atoms with Crippen molar-refractivity contribution in [3.8, 4) is 0 Å². The van der Waals surface area contributed by atoms with Crippen molar-refractivity contribution in [3.05, 3.63) is 42.0 Å². The second-order valence-electron chi connectivity index (χ2n) is 8.45. The van der Waals surface area contributed by atoms with Crippen LogP contribution in [-0.4, -0.2) is 72.3 Å². The van der Waals surface area contributed by atoms with Gasteiger partial charge in [-0.3, -0.25) is 14.4 Å². The Labute approximate surface area is 200 Å². The molecule has 34 heavy (non-hydrogen) atoms. The monoisotopic (exact) mass is 477 g/mol. The van der Waals surface area contributed by atoms with Gasteiger partial charge in [0.1, 0.15) is 17.7 Å². The van der Waals surface area contributed by atoms with E-state index < -0.39 is 48.2 Å². The van der Waals surface area contributed by atoms with Crippen molar-refractivity contribution in [1.82, 2.24) is 15.5 Å². The van der Waals surface area contributed by atoms with Gasteiger partial charge in [-0.25, -0.2) is 4.79 Å². The number of nitrogens with zero attached hydrogens (tertiary/aromatic N) is 1. The Morgan fingerprint density at radius 3 is 2.47 bits per heavy atom. The number of alkyl carbamates (subject to hydrolysis) is 1. The molecule has 1 aromatic rings. The number of likely N-dealkylation sites (N-methyl/N-ethyl adjacent to an activating group) is 1. The zero-order chi connectivity index (χ0) is 25.9. The predicted octanol–water partition coefficient (Wildman–Crippen LogP) is 1.78. The van der Waals surface area contributed by atoms with Crippen LogP contribution in [0.1, 0.15) is 51.3 Å². The van der Waals surface area contributed by atoms with Gasteiger partial charge in [0.15, 0.2) is 0 Å². The number of aliphatic hydroxyl groups excluding tert-OH is 1. The maximum Gasteiger partial charge on any atom is 0.408 e. The number of nitrogens with one attached hydrogen (secondary N) is 2. The second kappa shape index (κ2) is 13.3.